The quantitative estimate of drug-likeness (QED) is 0.538. The molecule has 0 saturated heterocycles. The van der Waals surface area contributed by atoms with Gasteiger partial charge in [0.25, 0.3) is 5.56 Å². The molecule has 4 rings (SSSR count). The first-order chi connectivity index (χ1) is 12.5. The predicted octanol–water partition coefficient (Wildman–Crippen LogP) is 3.42. The number of hydrogen-bond acceptors (Lipinski definition) is 3. The van der Waals surface area contributed by atoms with E-state index in [1.54, 1.807) is 30.3 Å². The van der Waals surface area contributed by atoms with Gasteiger partial charge >= 0.3 is 0 Å². The lowest BCUT2D eigenvalue weighted by Crippen LogP contribution is -2.26. The Morgan fingerprint density at radius 2 is 1.96 bits per heavy atom. The summed E-state index contributed by atoms with van der Waals surface area (Å²) in [7, 11) is 0. The fourth-order valence-electron chi connectivity index (χ4n) is 2.77. The molecule has 6 nitrogen and oxygen atoms in total. The molecule has 0 unspecified atom stereocenters. The maximum atomic E-state index is 13.6. The number of aromatic amines is 1. The molecule has 2 N–H and O–H groups in total. The Morgan fingerprint density at radius 3 is 2.73 bits per heavy atom. The minimum absolute atomic E-state index is 0.194. The number of H-pyrrole nitrogens is 1. The summed E-state index contributed by atoms with van der Waals surface area (Å²) >= 11 is 3.32. The predicted molar refractivity (Wildman–Crippen MR) is 101 cm³/mol. The second kappa shape index (κ2) is 6.38. The van der Waals surface area contributed by atoms with Gasteiger partial charge in [-0.15, -0.1) is 0 Å². The first kappa shape index (κ1) is 16.5. The highest BCUT2D eigenvalue weighted by Crippen LogP contribution is 2.21. The summed E-state index contributed by atoms with van der Waals surface area (Å²) in [5.41, 5.74) is 1.25. The van der Waals surface area contributed by atoms with Gasteiger partial charge in [-0.25, -0.2) is 9.07 Å². The first-order valence-electron chi connectivity index (χ1n) is 7.73. The summed E-state index contributed by atoms with van der Waals surface area (Å²) in [6.07, 6.45) is 1.43. The SMILES string of the molecule is O=C(Cn1[nH]c2c(cnc3ccc(F)cc32)c1=O)Nc1ccc(Br)cc1. The second-order valence-corrected chi connectivity index (χ2v) is 6.68. The highest BCUT2D eigenvalue weighted by Gasteiger charge is 2.13. The third kappa shape index (κ3) is 2.99. The lowest BCUT2D eigenvalue weighted by molar-refractivity contribution is -0.116. The third-order valence-electron chi connectivity index (χ3n) is 3.98. The summed E-state index contributed by atoms with van der Waals surface area (Å²) < 4.78 is 15.6. The van der Waals surface area contributed by atoms with Crippen LogP contribution in [0.5, 0.6) is 0 Å². The number of nitrogens with zero attached hydrogens (tertiary/aromatic N) is 2. The van der Waals surface area contributed by atoms with Gasteiger partial charge < -0.3 is 5.32 Å². The van der Waals surface area contributed by atoms with Crippen LogP contribution in [-0.4, -0.2) is 20.7 Å². The maximum Gasteiger partial charge on any atom is 0.276 e. The summed E-state index contributed by atoms with van der Waals surface area (Å²) in [5.74, 6) is -0.780. The standard InChI is InChI=1S/C18H12BrFN4O2/c19-10-1-4-12(5-2-10)22-16(25)9-24-18(26)14-8-21-15-6-3-11(20)7-13(15)17(14)23-24/h1-8,23H,9H2,(H,22,25). The summed E-state index contributed by atoms with van der Waals surface area (Å²) in [6, 6.07) is 11.3. The molecule has 26 heavy (non-hydrogen) atoms. The molecule has 0 saturated carbocycles. The van der Waals surface area contributed by atoms with Crippen molar-refractivity contribution < 1.29 is 9.18 Å². The molecule has 0 aliphatic rings. The number of hydrogen-bond donors (Lipinski definition) is 2. The molecule has 2 heterocycles. The Morgan fingerprint density at radius 1 is 1.19 bits per heavy atom. The zero-order valence-corrected chi connectivity index (χ0v) is 14.9. The van der Waals surface area contributed by atoms with Crippen LogP contribution in [0.4, 0.5) is 10.1 Å². The monoisotopic (exact) mass is 414 g/mol. The van der Waals surface area contributed by atoms with Crippen molar-refractivity contribution >= 4 is 49.3 Å². The molecule has 0 aliphatic heterocycles. The van der Waals surface area contributed by atoms with Crippen molar-refractivity contribution in [3.63, 3.8) is 0 Å². The van der Waals surface area contributed by atoms with E-state index in [-0.39, 0.29) is 18.0 Å². The van der Waals surface area contributed by atoms with Gasteiger partial charge in [0.1, 0.15) is 12.4 Å². The Labute approximate surface area is 154 Å². The van der Waals surface area contributed by atoms with Crippen LogP contribution in [0.1, 0.15) is 0 Å². The van der Waals surface area contributed by atoms with Crippen molar-refractivity contribution in [2.75, 3.05) is 5.32 Å². The lowest BCUT2D eigenvalue weighted by Gasteiger charge is -2.05. The highest BCUT2D eigenvalue weighted by molar-refractivity contribution is 9.10. The van der Waals surface area contributed by atoms with Crippen molar-refractivity contribution in [2.24, 2.45) is 0 Å². The van der Waals surface area contributed by atoms with Crippen molar-refractivity contribution in [1.29, 1.82) is 0 Å². The summed E-state index contributed by atoms with van der Waals surface area (Å²) in [6.45, 7) is -0.194. The largest absolute Gasteiger partial charge is 0.324 e. The minimum Gasteiger partial charge on any atom is -0.324 e. The van der Waals surface area contributed by atoms with Crippen molar-refractivity contribution in [3.05, 3.63) is 69.3 Å². The van der Waals surface area contributed by atoms with E-state index in [0.717, 1.165) is 4.47 Å². The number of carbonyl (C=O) groups excluding carboxylic acids is 1. The van der Waals surface area contributed by atoms with Gasteiger partial charge in [0.05, 0.1) is 16.4 Å². The number of amides is 1. The van der Waals surface area contributed by atoms with Gasteiger partial charge in [-0.2, -0.15) is 0 Å². The molecule has 1 amide bonds. The van der Waals surface area contributed by atoms with E-state index in [9.17, 15) is 14.0 Å². The van der Waals surface area contributed by atoms with E-state index >= 15 is 0 Å². The van der Waals surface area contributed by atoms with E-state index in [1.165, 1.54) is 23.0 Å². The van der Waals surface area contributed by atoms with Gasteiger partial charge in [-0.3, -0.25) is 19.7 Å². The number of aromatic nitrogens is 3. The van der Waals surface area contributed by atoms with Crippen LogP contribution in [0.2, 0.25) is 0 Å². The van der Waals surface area contributed by atoms with Crippen LogP contribution < -0.4 is 10.9 Å². The normalized spacial score (nSPS) is 11.2. The molecule has 0 fully saturated rings. The van der Waals surface area contributed by atoms with E-state index < -0.39 is 5.82 Å². The smallest absolute Gasteiger partial charge is 0.276 e. The van der Waals surface area contributed by atoms with Crippen LogP contribution >= 0.6 is 15.9 Å². The molecule has 0 radical (unpaired) electrons. The number of anilines is 1. The van der Waals surface area contributed by atoms with Crippen LogP contribution in [-0.2, 0) is 11.3 Å². The third-order valence-corrected chi connectivity index (χ3v) is 4.51. The zero-order valence-electron chi connectivity index (χ0n) is 13.3. The first-order valence-corrected chi connectivity index (χ1v) is 8.53. The molecule has 0 spiro atoms. The Bertz CT molecular complexity index is 1200. The molecule has 8 heteroatoms. The van der Waals surface area contributed by atoms with Gasteiger partial charge in [-0.1, -0.05) is 15.9 Å². The van der Waals surface area contributed by atoms with Gasteiger partial charge in [0.15, 0.2) is 0 Å². The molecular weight excluding hydrogens is 403 g/mol. The number of rotatable bonds is 3. The second-order valence-electron chi connectivity index (χ2n) is 5.77. The number of nitrogens with one attached hydrogen (secondary N) is 2. The van der Waals surface area contributed by atoms with Gasteiger partial charge in [-0.05, 0) is 42.5 Å². The molecule has 0 bridgehead atoms. The number of fused-ring (bicyclic) bond motifs is 3. The lowest BCUT2D eigenvalue weighted by atomic mass is 10.2. The molecule has 4 aromatic rings. The van der Waals surface area contributed by atoms with Crippen LogP contribution in [0.3, 0.4) is 0 Å². The molecule has 2 aromatic carbocycles. The van der Waals surface area contributed by atoms with Crippen LogP contribution in [0.25, 0.3) is 21.8 Å². The molecule has 0 atom stereocenters. The Hall–Kier alpha value is -3.00. The number of benzene rings is 2. The van der Waals surface area contributed by atoms with E-state index in [0.29, 0.717) is 27.5 Å². The number of carbonyl (C=O) groups is 1. The average Bonchev–Trinajstić information content (AvgIpc) is 2.93. The number of halogens is 2. The molecular formula is C18H12BrFN4O2. The van der Waals surface area contributed by atoms with Crippen molar-refractivity contribution in [1.82, 2.24) is 14.8 Å². The summed E-state index contributed by atoms with van der Waals surface area (Å²) in [5, 5.41) is 6.41. The molecule has 130 valence electrons. The van der Waals surface area contributed by atoms with Crippen molar-refractivity contribution in [2.45, 2.75) is 6.54 Å². The van der Waals surface area contributed by atoms with Crippen molar-refractivity contribution in [3.8, 4) is 0 Å². The maximum absolute atomic E-state index is 13.6. The number of pyridine rings is 1. The van der Waals surface area contributed by atoms with Gasteiger partial charge in [0, 0.05) is 21.7 Å². The fraction of sp³-hybridized carbons (Fsp3) is 0.0556. The minimum atomic E-state index is -0.423. The topological polar surface area (TPSA) is 79.8 Å². The average molecular weight is 415 g/mol. The highest BCUT2D eigenvalue weighted by atomic mass is 79.9. The summed E-state index contributed by atoms with van der Waals surface area (Å²) in [4.78, 5) is 28.9. The molecule has 2 aromatic heterocycles. The zero-order chi connectivity index (χ0) is 18.3. The Balaban J connectivity index is 1.68. The van der Waals surface area contributed by atoms with E-state index in [4.69, 9.17) is 0 Å². The molecule has 0 aliphatic carbocycles. The Kier molecular flexibility index (Phi) is 4.04. The van der Waals surface area contributed by atoms with Crippen LogP contribution in [0, 0.1) is 5.82 Å². The van der Waals surface area contributed by atoms with E-state index in [2.05, 4.69) is 31.3 Å². The van der Waals surface area contributed by atoms with E-state index in [1.807, 2.05) is 0 Å². The van der Waals surface area contributed by atoms with Gasteiger partial charge in [0.2, 0.25) is 5.91 Å². The van der Waals surface area contributed by atoms with Crippen LogP contribution in [0.15, 0.2) is 57.9 Å². The fourth-order valence-corrected chi connectivity index (χ4v) is 3.03.